The Balaban J connectivity index is 0.661. The maximum absolute atomic E-state index is 13.0. The lowest BCUT2D eigenvalue weighted by Gasteiger charge is -2.37. The summed E-state index contributed by atoms with van der Waals surface area (Å²) in [5.41, 5.74) is 8.68. The van der Waals surface area contributed by atoms with Crippen molar-refractivity contribution >= 4 is 64.4 Å². The van der Waals surface area contributed by atoms with Crippen molar-refractivity contribution in [3.63, 3.8) is 0 Å². The molecule has 67 heavy (non-hydrogen) atoms. The molecule has 354 valence electrons. The molecule has 0 spiro atoms. The Morgan fingerprint density at radius 3 is 2.49 bits per heavy atom. The number of aromatic nitrogens is 2. The lowest BCUT2D eigenvalue weighted by molar-refractivity contribution is -0.137. The number of unbranched alkanes of at least 4 members (excludes halogenated alkanes) is 5. The number of amides is 5. The van der Waals surface area contributed by atoms with E-state index in [2.05, 4.69) is 47.5 Å². The zero-order chi connectivity index (χ0) is 47.1. The van der Waals surface area contributed by atoms with Crippen molar-refractivity contribution in [2.24, 2.45) is 5.73 Å². The van der Waals surface area contributed by atoms with Gasteiger partial charge in [0, 0.05) is 85.9 Å². The van der Waals surface area contributed by atoms with Crippen LogP contribution in [0.3, 0.4) is 0 Å². The van der Waals surface area contributed by atoms with Gasteiger partial charge in [0.2, 0.25) is 17.7 Å². The van der Waals surface area contributed by atoms with Crippen molar-refractivity contribution in [2.75, 3.05) is 42.9 Å². The van der Waals surface area contributed by atoms with Crippen LogP contribution in [0.5, 0.6) is 0 Å². The third kappa shape index (κ3) is 12.1. The van der Waals surface area contributed by atoms with Gasteiger partial charge in [-0.2, -0.15) is 0 Å². The van der Waals surface area contributed by atoms with Gasteiger partial charge in [-0.1, -0.05) is 55.6 Å². The van der Waals surface area contributed by atoms with Gasteiger partial charge in [-0.3, -0.25) is 45.0 Å². The number of likely N-dealkylation sites (tertiary alicyclic amines) is 2. The van der Waals surface area contributed by atoms with E-state index in [0.717, 1.165) is 123 Å². The molecular formula is C49H62N12O5S. The first-order valence-corrected chi connectivity index (χ1v) is 24.4. The van der Waals surface area contributed by atoms with Crippen molar-refractivity contribution in [3.05, 3.63) is 83.7 Å². The molecule has 7 N–H and O–H groups in total. The molecule has 6 heterocycles. The quantitative estimate of drug-likeness (QED) is 0.0404. The van der Waals surface area contributed by atoms with Gasteiger partial charge < -0.3 is 31.1 Å². The Labute approximate surface area is 396 Å². The van der Waals surface area contributed by atoms with Crippen molar-refractivity contribution in [1.82, 2.24) is 35.3 Å². The lowest BCUT2D eigenvalue weighted by Crippen LogP contribution is -2.52. The topological polar surface area (TPSA) is 234 Å². The van der Waals surface area contributed by atoms with Gasteiger partial charge in [0.1, 0.15) is 28.4 Å². The van der Waals surface area contributed by atoms with E-state index in [9.17, 15) is 24.0 Å². The molecule has 5 amide bonds. The zero-order valence-electron chi connectivity index (χ0n) is 38.2. The fourth-order valence-corrected chi connectivity index (χ4v) is 10.5. The largest absolute Gasteiger partial charge is 0.355 e. The van der Waals surface area contributed by atoms with E-state index in [4.69, 9.17) is 16.6 Å². The molecule has 0 saturated carbocycles. The first-order valence-electron chi connectivity index (χ1n) is 23.6. The van der Waals surface area contributed by atoms with Crippen molar-refractivity contribution in [1.29, 1.82) is 10.8 Å². The minimum absolute atomic E-state index is 0.0272. The highest BCUT2D eigenvalue weighted by molar-refractivity contribution is 7.99. The van der Waals surface area contributed by atoms with Gasteiger partial charge in [-0.25, -0.2) is 9.97 Å². The number of hydrogen-bond donors (Lipinski definition) is 6. The first kappa shape index (κ1) is 47.5. The number of nitrogens with one attached hydrogen (secondary N) is 5. The monoisotopic (exact) mass is 930 g/mol. The zero-order valence-corrected chi connectivity index (χ0v) is 39.0. The molecule has 3 atom stereocenters. The Hall–Kier alpha value is -5.98. The highest BCUT2D eigenvalue weighted by Gasteiger charge is 2.43. The number of carbonyl (C=O) groups is 5. The second-order valence-corrected chi connectivity index (χ2v) is 19.9. The van der Waals surface area contributed by atoms with Crippen LogP contribution in [-0.2, 0) is 32.3 Å². The molecule has 2 bridgehead atoms. The normalized spacial score (nSPS) is 21.2. The van der Waals surface area contributed by atoms with E-state index in [1.807, 2.05) is 36.5 Å². The number of nitrogens with zero attached hydrogens (tertiary/aromatic N) is 6. The van der Waals surface area contributed by atoms with E-state index in [1.165, 1.54) is 28.8 Å². The van der Waals surface area contributed by atoms with Gasteiger partial charge >= 0.3 is 0 Å². The third-order valence-electron chi connectivity index (χ3n) is 13.6. The fraction of sp³-hybridized carbons (Fsp3) is 0.490. The number of piperazine rings is 1. The number of fused-ring (bicyclic) bond motifs is 3. The predicted molar refractivity (Wildman–Crippen MR) is 257 cm³/mol. The summed E-state index contributed by atoms with van der Waals surface area (Å²) in [6.07, 6.45) is 16.7. The van der Waals surface area contributed by atoms with Crippen LogP contribution in [0.4, 0.5) is 11.5 Å². The predicted octanol–water partition coefficient (Wildman–Crippen LogP) is 5.00. The van der Waals surface area contributed by atoms with E-state index in [-0.39, 0.29) is 60.9 Å². The summed E-state index contributed by atoms with van der Waals surface area (Å²) in [6.45, 7) is 6.95. The Morgan fingerprint density at radius 1 is 0.955 bits per heavy atom. The highest BCUT2D eigenvalue weighted by atomic mass is 32.2. The Morgan fingerprint density at radius 2 is 1.75 bits per heavy atom. The maximum atomic E-state index is 13.0. The van der Waals surface area contributed by atoms with E-state index >= 15 is 0 Å². The number of carbonyl (C=O) groups excluding carboxylic acids is 5. The molecule has 3 aromatic rings. The van der Waals surface area contributed by atoms with Crippen LogP contribution in [-0.4, -0.2) is 122 Å². The van der Waals surface area contributed by atoms with Crippen LogP contribution in [0.15, 0.2) is 76.9 Å². The number of hydrogen-bond acceptors (Lipinski definition) is 13. The summed E-state index contributed by atoms with van der Waals surface area (Å²) in [5, 5.41) is 25.9. The second kappa shape index (κ2) is 21.3. The minimum Gasteiger partial charge on any atom is -0.355 e. The molecule has 0 aliphatic carbocycles. The standard InChI is InChI=1S/C49H62N12O5S/c1-49(52)18-21-58(22-19-49)42-27-54-45(28-53-42)67-37-10-8-9-34(24-37)56-43(62)11-6-4-2-3-5-7-20-59-30-36-25-35(59)31-60(36)41(51)16-14-39(50)46(64)55-26-32-12-13-38-33(23-32)29-61(48(38)66)40-15-17-44(63)57-47(40)65/h8-10,12-14,16,23-24,27-28,35-36,40,50-51H,2-7,11,15,17-22,25-26,29-31,52H2,1H3,(H,55,64)(H,56,62)(H,57,63,65)/b16-14-,50-39?,51-41?/t35-,36-,40?/m1/s1. The molecule has 18 heteroatoms. The van der Waals surface area contributed by atoms with Crippen LogP contribution in [0.1, 0.15) is 105 Å². The lowest BCUT2D eigenvalue weighted by atomic mass is 9.91. The molecule has 4 saturated heterocycles. The maximum Gasteiger partial charge on any atom is 0.269 e. The molecule has 5 aliphatic heterocycles. The van der Waals surface area contributed by atoms with Gasteiger partial charge in [-0.15, -0.1) is 0 Å². The first-order chi connectivity index (χ1) is 32.3. The number of piperidine rings is 2. The Bertz CT molecular complexity index is 2400. The summed E-state index contributed by atoms with van der Waals surface area (Å²) >= 11 is 1.52. The molecule has 2 aromatic carbocycles. The average molecular weight is 931 g/mol. The number of benzene rings is 2. The number of amidine groups is 1. The van der Waals surface area contributed by atoms with Crippen molar-refractivity contribution in [2.45, 2.75) is 131 Å². The van der Waals surface area contributed by atoms with Crippen LogP contribution < -0.4 is 26.6 Å². The summed E-state index contributed by atoms with van der Waals surface area (Å²) in [5.74, 6) is -0.424. The van der Waals surface area contributed by atoms with Crippen molar-refractivity contribution in [3.8, 4) is 0 Å². The van der Waals surface area contributed by atoms with Gasteiger partial charge in [0.25, 0.3) is 11.8 Å². The molecule has 17 nitrogen and oxygen atoms in total. The summed E-state index contributed by atoms with van der Waals surface area (Å²) in [4.78, 5) is 81.0. The minimum atomic E-state index is -0.696. The molecular weight excluding hydrogens is 869 g/mol. The molecule has 4 fully saturated rings. The van der Waals surface area contributed by atoms with E-state index in [1.54, 1.807) is 18.3 Å². The molecule has 1 unspecified atom stereocenters. The van der Waals surface area contributed by atoms with Crippen molar-refractivity contribution < 1.29 is 24.0 Å². The fourth-order valence-electron chi connectivity index (χ4n) is 9.73. The highest BCUT2D eigenvalue weighted by Crippen LogP contribution is 2.33. The van der Waals surface area contributed by atoms with Crippen LogP contribution in [0.25, 0.3) is 0 Å². The molecule has 8 rings (SSSR count). The smallest absolute Gasteiger partial charge is 0.269 e. The Kier molecular flexibility index (Phi) is 15.1. The molecule has 0 radical (unpaired) electrons. The van der Waals surface area contributed by atoms with Crippen LogP contribution in [0, 0.1) is 10.8 Å². The van der Waals surface area contributed by atoms with E-state index < -0.39 is 17.9 Å². The average Bonchev–Trinajstić information content (AvgIpc) is 4.01. The SMILES string of the molecule is CC1(N)CCN(c2cnc(Sc3cccc(NC(=O)CCCCCCCCN4C[C@H]5C[C@@H]4CN5C(=N)/C=C\C(=N)C(=O)NCc4ccc5c(c4)CN(C4CCC(=O)NC4=O)C5=O)c3)cn2)CC1. The summed E-state index contributed by atoms with van der Waals surface area (Å²) in [7, 11) is 0. The third-order valence-corrected chi connectivity index (χ3v) is 14.6. The molecule has 1 aromatic heterocycles. The number of rotatable bonds is 19. The summed E-state index contributed by atoms with van der Waals surface area (Å²) in [6, 6.07) is 13.0. The van der Waals surface area contributed by atoms with Gasteiger partial charge in [-0.05, 0) is 99.5 Å². The number of imide groups is 1. The van der Waals surface area contributed by atoms with Gasteiger partial charge in [0.15, 0.2) is 0 Å². The summed E-state index contributed by atoms with van der Waals surface area (Å²) < 4.78 is 0. The number of nitrogens with two attached hydrogens (primary N) is 1. The molecule has 5 aliphatic rings. The van der Waals surface area contributed by atoms with Crippen LogP contribution >= 0.6 is 11.8 Å². The van der Waals surface area contributed by atoms with Crippen LogP contribution in [0.2, 0.25) is 0 Å². The van der Waals surface area contributed by atoms with Gasteiger partial charge in [0.05, 0.1) is 12.4 Å². The van der Waals surface area contributed by atoms with E-state index in [0.29, 0.717) is 23.9 Å². The number of anilines is 2. The second-order valence-electron chi connectivity index (χ2n) is 18.8.